The zero-order valence-electron chi connectivity index (χ0n) is 14.6. The topological polar surface area (TPSA) is 79.0 Å². The summed E-state index contributed by atoms with van der Waals surface area (Å²) >= 11 is 0. The standard InChI is InChI=1S/C17H26N6O/c1-4-12(2)14-9-15(22-21-14)19-16-10-18-11-17(20-16)24-13-5-7-23(3)8-6-13/h9-13H,4-8H2,1-3H3,(H2,19,20,21,22)/t12-/m1/s1. The molecule has 1 saturated heterocycles. The second-order valence-corrected chi connectivity index (χ2v) is 6.51. The summed E-state index contributed by atoms with van der Waals surface area (Å²) in [4.78, 5) is 11.0. The number of H-pyrrole nitrogens is 1. The molecule has 1 aliphatic rings. The number of hydrogen-bond acceptors (Lipinski definition) is 6. The molecule has 0 bridgehead atoms. The van der Waals surface area contributed by atoms with Crippen LogP contribution in [0.25, 0.3) is 0 Å². The highest BCUT2D eigenvalue weighted by Crippen LogP contribution is 2.22. The third-order valence-corrected chi connectivity index (χ3v) is 4.56. The molecule has 2 aromatic rings. The molecule has 0 spiro atoms. The van der Waals surface area contributed by atoms with Gasteiger partial charge in [0.05, 0.1) is 12.4 Å². The van der Waals surface area contributed by atoms with E-state index in [1.54, 1.807) is 12.4 Å². The highest BCUT2D eigenvalue weighted by atomic mass is 16.5. The van der Waals surface area contributed by atoms with E-state index < -0.39 is 0 Å². The van der Waals surface area contributed by atoms with Crippen molar-refractivity contribution in [3.8, 4) is 5.88 Å². The summed E-state index contributed by atoms with van der Waals surface area (Å²) in [6, 6.07) is 2.01. The number of nitrogens with zero attached hydrogens (tertiary/aromatic N) is 4. The number of piperidine rings is 1. The minimum absolute atomic E-state index is 0.216. The van der Waals surface area contributed by atoms with Gasteiger partial charge in [-0.3, -0.25) is 10.1 Å². The number of aromatic nitrogens is 4. The zero-order valence-corrected chi connectivity index (χ0v) is 14.6. The summed E-state index contributed by atoms with van der Waals surface area (Å²) in [6.07, 6.45) is 6.67. The molecule has 0 aliphatic carbocycles. The third-order valence-electron chi connectivity index (χ3n) is 4.56. The number of anilines is 2. The summed E-state index contributed by atoms with van der Waals surface area (Å²) < 4.78 is 5.97. The van der Waals surface area contributed by atoms with Crippen LogP contribution in [0.15, 0.2) is 18.5 Å². The number of likely N-dealkylation sites (tertiary alicyclic amines) is 1. The van der Waals surface area contributed by atoms with Crippen molar-refractivity contribution >= 4 is 11.6 Å². The predicted molar refractivity (Wildman–Crippen MR) is 93.8 cm³/mol. The quantitative estimate of drug-likeness (QED) is 0.848. The lowest BCUT2D eigenvalue weighted by molar-refractivity contribution is 0.110. The van der Waals surface area contributed by atoms with Crippen LogP contribution in [0.1, 0.15) is 44.7 Å². The molecule has 0 aromatic carbocycles. The molecule has 3 heterocycles. The number of rotatable bonds is 6. The highest BCUT2D eigenvalue weighted by Gasteiger charge is 2.18. The summed E-state index contributed by atoms with van der Waals surface area (Å²) in [7, 11) is 2.14. The Labute approximate surface area is 142 Å². The van der Waals surface area contributed by atoms with Gasteiger partial charge in [-0.15, -0.1) is 0 Å². The first kappa shape index (κ1) is 16.7. The molecule has 0 radical (unpaired) electrons. The van der Waals surface area contributed by atoms with Crippen molar-refractivity contribution in [1.29, 1.82) is 0 Å². The van der Waals surface area contributed by atoms with E-state index in [0.29, 0.717) is 17.6 Å². The lowest BCUT2D eigenvalue weighted by Crippen LogP contribution is -2.35. The summed E-state index contributed by atoms with van der Waals surface area (Å²) in [5.74, 6) is 2.41. The number of aromatic amines is 1. The normalized spacial score (nSPS) is 17.6. The van der Waals surface area contributed by atoms with Crippen molar-refractivity contribution in [3.63, 3.8) is 0 Å². The van der Waals surface area contributed by atoms with Crippen molar-refractivity contribution in [1.82, 2.24) is 25.1 Å². The van der Waals surface area contributed by atoms with E-state index in [9.17, 15) is 0 Å². The summed E-state index contributed by atoms with van der Waals surface area (Å²) in [5, 5.41) is 10.5. The summed E-state index contributed by atoms with van der Waals surface area (Å²) in [5.41, 5.74) is 1.12. The Kier molecular flexibility index (Phi) is 5.30. The molecule has 0 amide bonds. The first-order valence-electron chi connectivity index (χ1n) is 8.63. The number of ether oxygens (including phenoxy) is 1. The van der Waals surface area contributed by atoms with Crippen LogP contribution in [-0.2, 0) is 0 Å². The van der Waals surface area contributed by atoms with Crippen LogP contribution in [0.2, 0.25) is 0 Å². The first-order valence-corrected chi connectivity index (χ1v) is 8.63. The largest absolute Gasteiger partial charge is 0.473 e. The van der Waals surface area contributed by atoms with Gasteiger partial charge in [0.15, 0.2) is 11.6 Å². The fourth-order valence-corrected chi connectivity index (χ4v) is 2.74. The lowest BCUT2D eigenvalue weighted by Gasteiger charge is -2.28. The van der Waals surface area contributed by atoms with E-state index in [1.807, 2.05) is 6.07 Å². The predicted octanol–water partition coefficient (Wildman–Crippen LogP) is 2.93. The maximum atomic E-state index is 5.97. The molecule has 1 atom stereocenters. The average molecular weight is 330 g/mol. The van der Waals surface area contributed by atoms with E-state index in [-0.39, 0.29) is 6.10 Å². The molecule has 2 aromatic heterocycles. The second kappa shape index (κ2) is 7.61. The third kappa shape index (κ3) is 4.23. The molecular weight excluding hydrogens is 304 g/mol. The van der Waals surface area contributed by atoms with Gasteiger partial charge < -0.3 is 15.0 Å². The molecule has 0 saturated carbocycles. The van der Waals surface area contributed by atoms with Crippen LogP contribution in [0, 0.1) is 0 Å². The van der Waals surface area contributed by atoms with Crippen molar-refractivity contribution in [2.24, 2.45) is 0 Å². The van der Waals surface area contributed by atoms with Gasteiger partial charge in [-0.1, -0.05) is 13.8 Å². The van der Waals surface area contributed by atoms with Gasteiger partial charge >= 0.3 is 0 Å². The molecule has 7 heteroatoms. The monoisotopic (exact) mass is 330 g/mol. The van der Waals surface area contributed by atoms with Crippen LogP contribution in [0.4, 0.5) is 11.6 Å². The van der Waals surface area contributed by atoms with Gasteiger partial charge in [0.2, 0.25) is 5.88 Å². The average Bonchev–Trinajstić information content (AvgIpc) is 3.05. The zero-order chi connectivity index (χ0) is 16.9. The first-order chi connectivity index (χ1) is 11.6. The fourth-order valence-electron chi connectivity index (χ4n) is 2.74. The molecule has 1 fully saturated rings. The van der Waals surface area contributed by atoms with Gasteiger partial charge in [-0.05, 0) is 32.2 Å². The van der Waals surface area contributed by atoms with Crippen LogP contribution >= 0.6 is 0 Å². The van der Waals surface area contributed by atoms with Crippen LogP contribution in [-0.4, -0.2) is 51.3 Å². The number of nitrogens with one attached hydrogen (secondary N) is 2. The van der Waals surface area contributed by atoms with Crippen molar-refractivity contribution in [2.75, 3.05) is 25.5 Å². The lowest BCUT2D eigenvalue weighted by atomic mass is 10.1. The van der Waals surface area contributed by atoms with E-state index in [4.69, 9.17) is 4.74 Å². The maximum absolute atomic E-state index is 5.97. The maximum Gasteiger partial charge on any atom is 0.234 e. The Morgan fingerprint density at radius 1 is 1.33 bits per heavy atom. The molecule has 24 heavy (non-hydrogen) atoms. The van der Waals surface area contributed by atoms with Gasteiger partial charge in [-0.25, -0.2) is 0 Å². The van der Waals surface area contributed by atoms with Crippen molar-refractivity contribution < 1.29 is 4.74 Å². The van der Waals surface area contributed by atoms with Crippen molar-refractivity contribution in [2.45, 2.75) is 45.1 Å². The van der Waals surface area contributed by atoms with E-state index in [0.717, 1.165) is 43.9 Å². The molecule has 3 rings (SSSR count). The molecule has 2 N–H and O–H groups in total. The van der Waals surface area contributed by atoms with Gasteiger partial charge in [0, 0.05) is 24.8 Å². The molecule has 0 unspecified atom stereocenters. The van der Waals surface area contributed by atoms with Crippen LogP contribution in [0.3, 0.4) is 0 Å². The van der Waals surface area contributed by atoms with E-state index in [2.05, 4.69) is 51.3 Å². The smallest absolute Gasteiger partial charge is 0.234 e. The Hall–Kier alpha value is -2.15. The van der Waals surface area contributed by atoms with E-state index >= 15 is 0 Å². The Morgan fingerprint density at radius 3 is 2.88 bits per heavy atom. The fraction of sp³-hybridized carbons (Fsp3) is 0.588. The minimum atomic E-state index is 0.216. The van der Waals surface area contributed by atoms with Gasteiger partial charge in [-0.2, -0.15) is 10.1 Å². The molecule has 130 valence electrons. The van der Waals surface area contributed by atoms with Crippen LogP contribution in [0.5, 0.6) is 5.88 Å². The van der Waals surface area contributed by atoms with Crippen LogP contribution < -0.4 is 10.1 Å². The second-order valence-electron chi connectivity index (χ2n) is 6.51. The molecule has 1 aliphatic heterocycles. The van der Waals surface area contributed by atoms with E-state index in [1.165, 1.54) is 0 Å². The summed E-state index contributed by atoms with van der Waals surface area (Å²) in [6.45, 7) is 6.45. The Morgan fingerprint density at radius 2 is 2.12 bits per heavy atom. The molecular formula is C17H26N6O. The SMILES string of the molecule is CC[C@@H](C)c1cc(Nc2cncc(OC3CCN(C)CC3)n2)n[nH]1. The highest BCUT2D eigenvalue weighted by molar-refractivity contribution is 5.51. The van der Waals surface area contributed by atoms with Gasteiger partial charge in [0.1, 0.15) is 6.10 Å². The minimum Gasteiger partial charge on any atom is -0.473 e. The molecule has 7 nitrogen and oxygen atoms in total. The Balaban J connectivity index is 1.61. The number of hydrogen-bond donors (Lipinski definition) is 2. The van der Waals surface area contributed by atoms with Crippen molar-refractivity contribution in [3.05, 3.63) is 24.2 Å². The Bertz CT molecular complexity index is 650. The van der Waals surface area contributed by atoms with Gasteiger partial charge in [0.25, 0.3) is 0 Å².